The molecule has 222 valence electrons. The lowest BCUT2D eigenvalue weighted by Gasteiger charge is -2.37. The zero-order valence-corrected chi connectivity index (χ0v) is 24.8. The number of aromatic amines is 1. The summed E-state index contributed by atoms with van der Waals surface area (Å²) in [5.74, 6) is 0.204. The van der Waals surface area contributed by atoms with Crippen LogP contribution in [-0.4, -0.2) is 58.2 Å². The number of nitrogen functional groups attached to an aromatic ring is 1. The molecular weight excluding hydrogens is 529 g/mol. The number of rotatable bonds is 6. The van der Waals surface area contributed by atoms with Gasteiger partial charge in [0.15, 0.2) is 0 Å². The molecule has 3 heterocycles. The van der Waals surface area contributed by atoms with Gasteiger partial charge in [-0.3, -0.25) is 9.79 Å². The first-order valence-electron chi connectivity index (χ1n) is 13.9. The Morgan fingerprint density at radius 2 is 1.67 bits per heavy atom. The molecule has 9 heteroatoms. The molecule has 5 N–H and O–H groups in total. The van der Waals surface area contributed by atoms with Crippen molar-refractivity contribution in [3.8, 4) is 0 Å². The van der Waals surface area contributed by atoms with E-state index in [1.807, 2.05) is 68.1 Å². The fourth-order valence-corrected chi connectivity index (χ4v) is 3.97. The number of aryl methyl sites for hydroxylation is 1. The first kappa shape index (κ1) is 33.3. The van der Waals surface area contributed by atoms with Gasteiger partial charge in [-0.1, -0.05) is 57.3 Å². The van der Waals surface area contributed by atoms with E-state index in [0.717, 1.165) is 16.8 Å². The number of nitrogens with zero attached hydrogens (tertiary/aromatic N) is 4. The van der Waals surface area contributed by atoms with Crippen LogP contribution >= 0.6 is 0 Å². The van der Waals surface area contributed by atoms with Crippen molar-refractivity contribution in [2.75, 3.05) is 31.9 Å². The van der Waals surface area contributed by atoms with Crippen molar-refractivity contribution in [3.63, 3.8) is 0 Å². The topological polar surface area (TPSA) is 117 Å². The van der Waals surface area contributed by atoms with Crippen molar-refractivity contribution in [3.05, 3.63) is 126 Å². The molecule has 0 radical (unpaired) electrons. The van der Waals surface area contributed by atoms with E-state index in [1.54, 1.807) is 24.7 Å². The number of H-pyrrole nitrogens is 1. The smallest absolute Gasteiger partial charge is 0.253 e. The number of carbonyl (C=O) groups excluding carboxylic acids is 1. The van der Waals surface area contributed by atoms with Crippen LogP contribution in [0.25, 0.3) is 5.57 Å². The van der Waals surface area contributed by atoms with Gasteiger partial charge in [0.05, 0.1) is 12.9 Å². The van der Waals surface area contributed by atoms with Crippen LogP contribution in [0.2, 0.25) is 0 Å². The third-order valence-electron chi connectivity index (χ3n) is 6.31. The average Bonchev–Trinajstić information content (AvgIpc) is 3.11. The number of nitrogens with one attached hydrogen (secondary N) is 1. The van der Waals surface area contributed by atoms with Gasteiger partial charge in [0, 0.05) is 67.2 Å². The highest BCUT2D eigenvalue weighted by Crippen LogP contribution is 2.24. The van der Waals surface area contributed by atoms with Crippen LogP contribution in [0.4, 0.5) is 10.2 Å². The van der Waals surface area contributed by atoms with Gasteiger partial charge in [-0.05, 0) is 48.4 Å². The first-order chi connectivity index (χ1) is 20.3. The Balaban J connectivity index is 0.000000396. The summed E-state index contributed by atoms with van der Waals surface area (Å²) in [6, 6.07) is 17.6. The van der Waals surface area contributed by atoms with E-state index in [0.29, 0.717) is 55.2 Å². The Labute approximate surface area is 248 Å². The number of amides is 1. The average molecular weight is 572 g/mol. The van der Waals surface area contributed by atoms with Crippen molar-refractivity contribution in [1.82, 2.24) is 19.8 Å². The quantitative estimate of drug-likeness (QED) is 0.198. The molecule has 4 rings (SSSR count). The third kappa shape index (κ3) is 10.2. The molecule has 1 amide bonds. The molecule has 1 aliphatic heterocycles. The zero-order chi connectivity index (χ0) is 30.9. The molecule has 3 aromatic rings. The molecular formula is C33H42FN7O. The van der Waals surface area contributed by atoms with Gasteiger partial charge in [0.1, 0.15) is 11.6 Å². The summed E-state index contributed by atoms with van der Waals surface area (Å²) in [4.78, 5) is 27.3. The molecule has 1 saturated heterocycles. The van der Waals surface area contributed by atoms with Gasteiger partial charge < -0.3 is 26.3 Å². The number of hydrogen-bond acceptors (Lipinski definition) is 5. The van der Waals surface area contributed by atoms with E-state index in [1.165, 1.54) is 18.5 Å². The summed E-state index contributed by atoms with van der Waals surface area (Å²) in [5, 5.41) is 0. The summed E-state index contributed by atoms with van der Waals surface area (Å²) in [5.41, 5.74) is 15.1. The molecule has 2 aromatic heterocycles. The monoisotopic (exact) mass is 571 g/mol. The Morgan fingerprint density at radius 3 is 2.31 bits per heavy atom. The van der Waals surface area contributed by atoms with E-state index in [-0.39, 0.29) is 11.7 Å². The number of hydrogen-bond donors (Lipinski definition) is 3. The fourth-order valence-electron chi connectivity index (χ4n) is 3.97. The Hall–Kier alpha value is -4.92. The first-order valence-corrected chi connectivity index (χ1v) is 13.9. The van der Waals surface area contributed by atoms with Gasteiger partial charge in [-0.25, -0.2) is 9.37 Å². The Morgan fingerprint density at radius 1 is 1.00 bits per heavy atom. The lowest BCUT2D eigenvalue weighted by atomic mass is 10.1. The molecule has 1 aromatic carbocycles. The molecule has 0 spiro atoms. The van der Waals surface area contributed by atoms with Gasteiger partial charge in [-0.15, -0.1) is 0 Å². The molecule has 1 aliphatic rings. The van der Waals surface area contributed by atoms with Crippen molar-refractivity contribution in [1.29, 1.82) is 0 Å². The predicted octanol–water partition coefficient (Wildman–Crippen LogP) is 5.75. The molecule has 8 nitrogen and oxygen atoms in total. The van der Waals surface area contributed by atoms with Crippen LogP contribution in [0.3, 0.4) is 0 Å². The summed E-state index contributed by atoms with van der Waals surface area (Å²) in [6.07, 6.45) is 6.42. The lowest BCUT2D eigenvalue weighted by Crippen LogP contribution is -2.48. The van der Waals surface area contributed by atoms with Crippen LogP contribution in [-0.2, 0) is 6.54 Å². The number of halogens is 1. The third-order valence-corrected chi connectivity index (χ3v) is 6.31. The van der Waals surface area contributed by atoms with Gasteiger partial charge in [0.2, 0.25) is 0 Å². The van der Waals surface area contributed by atoms with Crippen LogP contribution < -0.4 is 11.5 Å². The van der Waals surface area contributed by atoms with E-state index in [4.69, 9.17) is 11.5 Å². The van der Waals surface area contributed by atoms with Crippen molar-refractivity contribution < 1.29 is 9.18 Å². The minimum Gasteiger partial charge on any atom is -0.390 e. The maximum absolute atomic E-state index is 14.1. The van der Waals surface area contributed by atoms with Crippen molar-refractivity contribution in [2.45, 2.75) is 27.3 Å². The van der Waals surface area contributed by atoms with Gasteiger partial charge >= 0.3 is 0 Å². The second-order valence-electron chi connectivity index (χ2n) is 9.13. The molecule has 0 saturated carbocycles. The largest absolute Gasteiger partial charge is 0.390 e. The van der Waals surface area contributed by atoms with E-state index in [2.05, 4.69) is 33.0 Å². The summed E-state index contributed by atoms with van der Waals surface area (Å²) < 4.78 is 14.1. The minimum atomic E-state index is -0.347. The molecule has 42 heavy (non-hydrogen) atoms. The second kappa shape index (κ2) is 17.7. The number of piperazine rings is 1. The maximum Gasteiger partial charge on any atom is 0.253 e. The van der Waals surface area contributed by atoms with E-state index < -0.39 is 0 Å². The number of nitrogens with two attached hydrogens (primary N) is 2. The van der Waals surface area contributed by atoms with E-state index in [9.17, 15) is 9.18 Å². The standard InChI is InChI=1S/C24H26FN3O.C7H10N4.C2H6/c1-18-9-10-23(25)15-22(17-26-16-18)19(2)20(3)27-11-13-28(14-12-27)24(29)21-7-5-4-6-8-21;8-5-10-4-6-2-1-3-11-7(6)9;1-2/h4-10,15-17,26H,2-3,11-14H2,1H3;1-3,5H,4H2,(H2,8,10)(H2,9,11);1-2H3. The number of allylic oxidation sites excluding steroid dienone is 1. The molecule has 0 atom stereocenters. The fraction of sp³-hybridized carbons (Fsp3) is 0.242. The normalized spacial score (nSPS) is 12.3. The van der Waals surface area contributed by atoms with Gasteiger partial charge in [0.25, 0.3) is 5.91 Å². The number of carbonyl (C=O) groups is 1. The molecule has 1 fully saturated rings. The highest BCUT2D eigenvalue weighted by molar-refractivity contribution is 5.94. The van der Waals surface area contributed by atoms with Crippen molar-refractivity contribution >= 4 is 23.6 Å². The number of aromatic nitrogens is 2. The van der Waals surface area contributed by atoms with Gasteiger partial charge in [-0.2, -0.15) is 0 Å². The van der Waals surface area contributed by atoms with E-state index >= 15 is 0 Å². The highest BCUT2D eigenvalue weighted by atomic mass is 19.1. The predicted molar refractivity (Wildman–Crippen MR) is 172 cm³/mol. The number of benzene rings is 1. The highest BCUT2D eigenvalue weighted by Gasteiger charge is 2.23. The minimum absolute atomic E-state index is 0.0387. The number of anilines is 1. The van der Waals surface area contributed by atoms with Crippen LogP contribution in [0.1, 0.15) is 40.9 Å². The summed E-state index contributed by atoms with van der Waals surface area (Å²) in [6.45, 7) is 17.2. The lowest BCUT2D eigenvalue weighted by molar-refractivity contribution is 0.0674. The molecule has 0 bridgehead atoms. The SMILES string of the molecule is C=C(C(=C)N1CCN(C(=O)c2ccccc2)CC1)c1c[nH]cc(C)ccc(F)c1.CC.NC=NCc1cccnc1N. The summed E-state index contributed by atoms with van der Waals surface area (Å²) >= 11 is 0. The maximum atomic E-state index is 14.1. The van der Waals surface area contributed by atoms with Crippen LogP contribution in [0.5, 0.6) is 0 Å². The van der Waals surface area contributed by atoms with Crippen molar-refractivity contribution in [2.24, 2.45) is 10.7 Å². The zero-order valence-electron chi connectivity index (χ0n) is 24.8. The Kier molecular flexibility index (Phi) is 14.0. The Bertz CT molecular complexity index is 1390. The number of aliphatic imine (C=N–C) groups is 1. The number of pyridine rings is 1. The summed E-state index contributed by atoms with van der Waals surface area (Å²) in [7, 11) is 0. The molecule has 0 aliphatic carbocycles. The van der Waals surface area contributed by atoms with Crippen LogP contribution in [0, 0.1) is 12.7 Å². The second-order valence-corrected chi connectivity index (χ2v) is 9.13. The van der Waals surface area contributed by atoms with Crippen LogP contribution in [0.15, 0.2) is 103 Å². The molecule has 0 unspecified atom stereocenters.